The molecule has 1 atom stereocenters. The maximum absolute atomic E-state index is 12.6. The quantitative estimate of drug-likeness (QED) is 0.579. The average Bonchev–Trinajstić information content (AvgIpc) is 2.11. The Morgan fingerprint density at radius 2 is 1.93 bits per heavy atom. The third-order valence-electron chi connectivity index (χ3n) is 2.20. The molecule has 0 bridgehead atoms. The van der Waals surface area contributed by atoms with Crippen LogP contribution in [0.15, 0.2) is 18.2 Å². The highest BCUT2D eigenvalue weighted by molar-refractivity contribution is 5.33. The number of benzene rings is 1. The molecule has 0 aliphatic carbocycles. The Hall–Kier alpha value is -1.00. The Bertz CT molecular complexity index is 313. The normalized spacial score (nSPS) is 13.3. The standard InChI is InChI=1S/C10H14F2N2/c1-6-3-4-7(2)8(5-6)9(14-13)10(11)12/h3-5,9-10,14H,13H2,1-2H3. The molecule has 3 N–H and O–H groups in total. The second-order valence-electron chi connectivity index (χ2n) is 3.34. The van der Waals surface area contributed by atoms with Gasteiger partial charge in [-0.15, -0.1) is 0 Å². The monoisotopic (exact) mass is 200 g/mol. The van der Waals surface area contributed by atoms with Gasteiger partial charge in [0.15, 0.2) is 0 Å². The average molecular weight is 200 g/mol. The fraction of sp³-hybridized carbons (Fsp3) is 0.400. The first-order valence-electron chi connectivity index (χ1n) is 4.37. The molecule has 1 aromatic rings. The van der Waals surface area contributed by atoms with Crippen molar-refractivity contribution in [2.24, 2.45) is 5.84 Å². The lowest BCUT2D eigenvalue weighted by molar-refractivity contribution is 0.0983. The molecule has 0 saturated carbocycles. The summed E-state index contributed by atoms with van der Waals surface area (Å²) in [5.41, 5.74) is 4.46. The van der Waals surface area contributed by atoms with Crippen molar-refractivity contribution < 1.29 is 8.78 Å². The summed E-state index contributed by atoms with van der Waals surface area (Å²) in [4.78, 5) is 0. The minimum Gasteiger partial charge on any atom is -0.271 e. The van der Waals surface area contributed by atoms with Crippen LogP contribution in [0, 0.1) is 13.8 Å². The minimum absolute atomic E-state index is 0.558. The molecular weight excluding hydrogens is 186 g/mol. The van der Waals surface area contributed by atoms with Gasteiger partial charge in [-0.3, -0.25) is 5.84 Å². The van der Waals surface area contributed by atoms with E-state index in [2.05, 4.69) is 5.43 Å². The van der Waals surface area contributed by atoms with E-state index in [0.29, 0.717) is 5.56 Å². The van der Waals surface area contributed by atoms with Gasteiger partial charge in [-0.05, 0) is 25.0 Å². The second kappa shape index (κ2) is 4.48. The molecule has 0 heterocycles. The first-order chi connectivity index (χ1) is 6.56. The van der Waals surface area contributed by atoms with E-state index in [1.165, 1.54) is 0 Å². The highest BCUT2D eigenvalue weighted by atomic mass is 19.3. The maximum atomic E-state index is 12.6. The molecule has 0 aromatic heterocycles. The van der Waals surface area contributed by atoms with Crippen molar-refractivity contribution in [3.05, 3.63) is 34.9 Å². The van der Waals surface area contributed by atoms with Gasteiger partial charge >= 0.3 is 0 Å². The minimum atomic E-state index is -2.50. The number of nitrogens with two attached hydrogens (primary N) is 1. The first-order valence-corrected chi connectivity index (χ1v) is 4.37. The van der Waals surface area contributed by atoms with Crippen molar-refractivity contribution in [3.63, 3.8) is 0 Å². The molecule has 0 aliphatic rings. The summed E-state index contributed by atoms with van der Waals surface area (Å²) in [6.45, 7) is 3.66. The number of aryl methyl sites for hydroxylation is 2. The molecule has 2 nitrogen and oxygen atoms in total. The first kappa shape index (κ1) is 11.1. The zero-order valence-electron chi connectivity index (χ0n) is 8.22. The zero-order chi connectivity index (χ0) is 10.7. The van der Waals surface area contributed by atoms with E-state index < -0.39 is 12.5 Å². The van der Waals surface area contributed by atoms with Crippen molar-refractivity contribution in [2.45, 2.75) is 26.3 Å². The van der Waals surface area contributed by atoms with Crippen molar-refractivity contribution in [2.75, 3.05) is 0 Å². The lowest BCUT2D eigenvalue weighted by Crippen LogP contribution is -2.33. The molecular formula is C10H14F2N2. The number of rotatable bonds is 3. The maximum Gasteiger partial charge on any atom is 0.259 e. The van der Waals surface area contributed by atoms with Gasteiger partial charge in [-0.2, -0.15) is 0 Å². The van der Waals surface area contributed by atoms with Crippen LogP contribution in [-0.2, 0) is 0 Å². The molecule has 0 amide bonds. The van der Waals surface area contributed by atoms with Gasteiger partial charge in [-0.25, -0.2) is 14.2 Å². The Kier molecular flexibility index (Phi) is 3.55. The third kappa shape index (κ3) is 2.27. The lowest BCUT2D eigenvalue weighted by atomic mass is 10.00. The third-order valence-corrected chi connectivity index (χ3v) is 2.20. The van der Waals surface area contributed by atoms with Crippen molar-refractivity contribution >= 4 is 0 Å². The number of alkyl halides is 2. The number of halogens is 2. The van der Waals surface area contributed by atoms with Crippen LogP contribution in [0.1, 0.15) is 22.7 Å². The van der Waals surface area contributed by atoms with Crippen LogP contribution in [0.2, 0.25) is 0 Å². The van der Waals surface area contributed by atoms with Gasteiger partial charge in [0, 0.05) is 0 Å². The molecule has 0 radical (unpaired) electrons. The highest BCUT2D eigenvalue weighted by Crippen LogP contribution is 2.23. The van der Waals surface area contributed by atoms with Gasteiger partial charge in [0.25, 0.3) is 6.43 Å². The SMILES string of the molecule is Cc1ccc(C)c(C(NN)C(F)F)c1. The summed E-state index contributed by atoms with van der Waals surface area (Å²) in [6.07, 6.45) is -2.50. The summed E-state index contributed by atoms with van der Waals surface area (Å²) < 4.78 is 25.1. The predicted molar refractivity (Wildman–Crippen MR) is 52.0 cm³/mol. The van der Waals surface area contributed by atoms with E-state index in [4.69, 9.17) is 5.84 Å². The molecule has 0 fully saturated rings. The van der Waals surface area contributed by atoms with Gasteiger partial charge < -0.3 is 0 Å². The van der Waals surface area contributed by atoms with Crippen molar-refractivity contribution in [1.82, 2.24) is 5.43 Å². The zero-order valence-corrected chi connectivity index (χ0v) is 8.22. The lowest BCUT2D eigenvalue weighted by Gasteiger charge is -2.17. The van der Waals surface area contributed by atoms with Crippen LogP contribution in [0.3, 0.4) is 0 Å². The molecule has 0 aliphatic heterocycles. The fourth-order valence-corrected chi connectivity index (χ4v) is 1.39. The number of nitrogens with one attached hydrogen (secondary N) is 1. The predicted octanol–water partition coefficient (Wildman–Crippen LogP) is 2.07. The number of hydrogen-bond donors (Lipinski definition) is 2. The Morgan fingerprint density at radius 1 is 1.29 bits per heavy atom. The van der Waals surface area contributed by atoms with Gasteiger partial charge in [0.05, 0.1) is 0 Å². The molecule has 1 unspecified atom stereocenters. The van der Waals surface area contributed by atoms with E-state index >= 15 is 0 Å². The van der Waals surface area contributed by atoms with Gasteiger partial charge in [0.1, 0.15) is 6.04 Å². The topological polar surface area (TPSA) is 38.0 Å². The van der Waals surface area contributed by atoms with Crippen LogP contribution in [0.25, 0.3) is 0 Å². The molecule has 1 aromatic carbocycles. The molecule has 0 spiro atoms. The summed E-state index contributed by atoms with van der Waals surface area (Å²) in [7, 11) is 0. The van der Waals surface area contributed by atoms with Crippen LogP contribution in [-0.4, -0.2) is 6.43 Å². The largest absolute Gasteiger partial charge is 0.271 e. The summed E-state index contributed by atoms with van der Waals surface area (Å²) in [5.74, 6) is 5.09. The highest BCUT2D eigenvalue weighted by Gasteiger charge is 2.22. The Morgan fingerprint density at radius 3 is 2.43 bits per heavy atom. The molecule has 14 heavy (non-hydrogen) atoms. The fourth-order valence-electron chi connectivity index (χ4n) is 1.39. The smallest absolute Gasteiger partial charge is 0.259 e. The molecule has 1 rings (SSSR count). The van der Waals surface area contributed by atoms with E-state index in [-0.39, 0.29) is 0 Å². The van der Waals surface area contributed by atoms with Gasteiger partial charge in [0.2, 0.25) is 0 Å². The van der Waals surface area contributed by atoms with Crippen molar-refractivity contribution in [1.29, 1.82) is 0 Å². The molecule has 78 valence electrons. The second-order valence-corrected chi connectivity index (χ2v) is 3.34. The van der Waals surface area contributed by atoms with E-state index in [9.17, 15) is 8.78 Å². The molecule has 0 saturated heterocycles. The summed E-state index contributed by atoms with van der Waals surface area (Å²) in [6, 6.07) is 4.34. The van der Waals surface area contributed by atoms with Crippen LogP contribution < -0.4 is 11.3 Å². The summed E-state index contributed by atoms with van der Waals surface area (Å²) in [5, 5.41) is 0. The van der Waals surface area contributed by atoms with Crippen LogP contribution in [0.4, 0.5) is 8.78 Å². The summed E-state index contributed by atoms with van der Waals surface area (Å²) >= 11 is 0. The van der Waals surface area contributed by atoms with E-state index in [1.807, 2.05) is 19.1 Å². The Balaban J connectivity index is 3.08. The Labute approximate surface area is 82.1 Å². The van der Waals surface area contributed by atoms with E-state index in [0.717, 1.165) is 11.1 Å². The molecule has 4 heteroatoms. The van der Waals surface area contributed by atoms with Gasteiger partial charge in [-0.1, -0.05) is 23.8 Å². The van der Waals surface area contributed by atoms with E-state index in [1.54, 1.807) is 13.0 Å². The van der Waals surface area contributed by atoms with Crippen LogP contribution in [0.5, 0.6) is 0 Å². The number of hydrazine groups is 1. The van der Waals surface area contributed by atoms with Crippen LogP contribution >= 0.6 is 0 Å². The number of hydrogen-bond acceptors (Lipinski definition) is 2. The van der Waals surface area contributed by atoms with Crippen molar-refractivity contribution in [3.8, 4) is 0 Å².